The van der Waals surface area contributed by atoms with Crippen LogP contribution in [0.25, 0.3) is 0 Å². The number of hydrogen-bond donors (Lipinski definition) is 1. The standard InChI is InChI=1S/C14H26N2S/c1-14(2,9-6-10-15)11-16-12-7-4-5-8-13(12)17-3/h12-13,16H,4-9,11H2,1-3H3. The summed E-state index contributed by atoms with van der Waals surface area (Å²) in [5.74, 6) is 0. The van der Waals surface area contributed by atoms with Crippen LogP contribution in [0, 0.1) is 16.7 Å². The van der Waals surface area contributed by atoms with Gasteiger partial charge in [0.2, 0.25) is 0 Å². The molecule has 0 heterocycles. The van der Waals surface area contributed by atoms with E-state index in [2.05, 4.69) is 31.5 Å². The van der Waals surface area contributed by atoms with Gasteiger partial charge in [-0.3, -0.25) is 0 Å². The summed E-state index contributed by atoms with van der Waals surface area (Å²) in [7, 11) is 0. The number of hydrogen-bond acceptors (Lipinski definition) is 3. The Bertz CT molecular complexity index is 257. The normalized spacial score (nSPS) is 25.5. The Labute approximate surface area is 111 Å². The summed E-state index contributed by atoms with van der Waals surface area (Å²) in [5.41, 5.74) is 0.246. The lowest BCUT2D eigenvalue weighted by Crippen LogP contribution is -2.44. The van der Waals surface area contributed by atoms with Crippen LogP contribution in [0.15, 0.2) is 0 Å². The molecule has 1 N–H and O–H groups in total. The fourth-order valence-corrected chi connectivity index (χ4v) is 3.47. The fraction of sp³-hybridized carbons (Fsp3) is 0.929. The number of nitrogens with zero attached hydrogens (tertiary/aromatic N) is 1. The highest BCUT2D eigenvalue weighted by atomic mass is 32.2. The van der Waals surface area contributed by atoms with E-state index < -0.39 is 0 Å². The quantitative estimate of drug-likeness (QED) is 0.787. The third kappa shape index (κ3) is 5.31. The molecule has 2 unspecified atom stereocenters. The molecule has 0 bridgehead atoms. The van der Waals surface area contributed by atoms with Gasteiger partial charge in [0.1, 0.15) is 0 Å². The van der Waals surface area contributed by atoms with Gasteiger partial charge in [-0.2, -0.15) is 17.0 Å². The molecule has 0 aromatic carbocycles. The van der Waals surface area contributed by atoms with Crippen molar-refractivity contribution < 1.29 is 0 Å². The zero-order valence-electron chi connectivity index (χ0n) is 11.5. The highest BCUT2D eigenvalue weighted by Crippen LogP contribution is 2.28. The largest absolute Gasteiger partial charge is 0.312 e. The monoisotopic (exact) mass is 254 g/mol. The van der Waals surface area contributed by atoms with Gasteiger partial charge in [-0.15, -0.1) is 0 Å². The first-order valence-corrected chi connectivity index (χ1v) is 8.01. The Kier molecular flexibility index (Phi) is 6.37. The van der Waals surface area contributed by atoms with E-state index >= 15 is 0 Å². The van der Waals surface area contributed by atoms with E-state index in [0.29, 0.717) is 12.5 Å². The average molecular weight is 254 g/mol. The number of rotatable bonds is 6. The number of nitrogens with one attached hydrogen (secondary N) is 1. The number of nitriles is 1. The van der Waals surface area contributed by atoms with Crippen molar-refractivity contribution in [3.8, 4) is 6.07 Å². The maximum Gasteiger partial charge on any atom is 0.0621 e. The molecule has 0 aromatic rings. The van der Waals surface area contributed by atoms with Crippen molar-refractivity contribution in [2.45, 2.75) is 63.7 Å². The van der Waals surface area contributed by atoms with E-state index in [1.54, 1.807) is 0 Å². The molecular formula is C14H26N2S. The Balaban J connectivity index is 2.35. The maximum atomic E-state index is 8.65. The van der Waals surface area contributed by atoms with Crippen LogP contribution in [0.1, 0.15) is 52.4 Å². The van der Waals surface area contributed by atoms with Gasteiger partial charge >= 0.3 is 0 Å². The van der Waals surface area contributed by atoms with Crippen LogP contribution in [0.3, 0.4) is 0 Å². The molecule has 0 radical (unpaired) electrons. The van der Waals surface area contributed by atoms with Crippen molar-refractivity contribution in [3.05, 3.63) is 0 Å². The summed E-state index contributed by atoms with van der Waals surface area (Å²) in [6.07, 6.45) is 9.33. The molecule has 98 valence electrons. The minimum Gasteiger partial charge on any atom is -0.312 e. The molecule has 1 saturated carbocycles. The Morgan fingerprint density at radius 2 is 2.06 bits per heavy atom. The molecule has 0 saturated heterocycles. The summed E-state index contributed by atoms with van der Waals surface area (Å²) >= 11 is 2.01. The minimum absolute atomic E-state index is 0.246. The van der Waals surface area contributed by atoms with E-state index in [1.165, 1.54) is 25.7 Å². The predicted molar refractivity (Wildman–Crippen MR) is 76.2 cm³/mol. The molecule has 1 fully saturated rings. The van der Waals surface area contributed by atoms with E-state index in [4.69, 9.17) is 5.26 Å². The minimum atomic E-state index is 0.246. The SMILES string of the molecule is CSC1CCCCC1NCC(C)(C)CCC#N. The summed E-state index contributed by atoms with van der Waals surface area (Å²) in [5, 5.41) is 13.2. The van der Waals surface area contributed by atoms with Gasteiger partial charge in [0, 0.05) is 24.3 Å². The fourth-order valence-electron chi connectivity index (χ4n) is 2.50. The smallest absolute Gasteiger partial charge is 0.0621 e. The predicted octanol–water partition coefficient (Wildman–Crippen LogP) is 3.58. The van der Waals surface area contributed by atoms with Gasteiger partial charge in [0.05, 0.1) is 6.07 Å². The van der Waals surface area contributed by atoms with Crippen LogP contribution >= 0.6 is 11.8 Å². The van der Waals surface area contributed by atoms with Crippen LogP contribution in [0.5, 0.6) is 0 Å². The lowest BCUT2D eigenvalue weighted by atomic mass is 9.86. The molecule has 0 amide bonds. The van der Waals surface area contributed by atoms with Gasteiger partial charge < -0.3 is 5.32 Å². The van der Waals surface area contributed by atoms with Gasteiger partial charge in [0.15, 0.2) is 0 Å². The molecule has 1 aliphatic carbocycles. The Morgan fingerprint density at radius 1 is 1.35 bits per heavy atom. The topological polar surface area (TPSA) is 35.8 Å². The lowest BCUT2D eigenvalue weighted by molar-refractivity contribution is 0.278. The van der Waals surface area contributed by atoms with E-state index in [0.717, 1.165) is 18.2 Å². The molecule has 0 aromatic heterocycles. The zero-order chi connectivity index (χ0) is 12.7. The lowest BCUT2D eigenvalue weighted by Gasteiger charge is -2.34. The molecule has 0 aliphatic heterocycles. The molecule has 17 heavy (non-hydrogen) atoms. The summed E-state index contributed by atoms with van der Waals surface area (Å²) in [4.78, 5) is 0. The molecule has 1 aliphatic rings. The highest BCUT2D eigenvalue weighted by molar-refractivity contribution is 7.99. The third-order valence-corrected chi connectivity index (χ3v) is 4.93. The van der Waals surface area contributed by atoms with Crippen LogP contribution < -0.4 is 5.32 Å². The Hall–Kier alpha value is -0.200. The van der Waals surface area contributed by atoms with Crippen molar-refractivity contribution in [1.29, 1.82) is 5.26 Å². The van der Waals surface area contributed by atoms with Gasteiger partial charge in [-0.25, -0.2) is 0 Å². The van der Waals surface area contributed by atoms with Gasteiger partial charge in [-0.05, 0) is 30.9 Å². The second kappa shape index (κ2) is 7.28. The first-order valence-electron chi connectivity index (χ1n) is 6.72. The van der Waals surface area contributed by atoms with E-state index in [-0.39, 0.29) is 5.41 Å². The summed E-state index contributed by atoms with van der Waals surface area (Å²) in [6.45, 7) is 5.55. The molecule has 0 spiro atoms. The highest BCUT2D eigenvalue weighted by Gasteiger charge is 2.26. The van der Waals surface area contributed by atoms with Crippen molar-refractivity contribution >= 4 is 11.8 Å². The van der Waals surface area contributed by atoms with E-state index in [1.807, 2.05) is 11.8 Å². The molecule has 1 rings (SSSR count). The Morgan fingerprint density at radius 3 is 2.71 bits per heavy atom. The molecule has 3 heteroatoms. The second-order valence-corrected chi connectivity index (χ2v) is 6.95. The maximum absolute atomic E-state index is 8.65. The van der Waals surface area contributed by atoms with Crippen LogP contribution in [0.4, 0.5) is 0 Å². The number of thioether (sulfide) groups is 1. The van der Waals surface area contributed by atoms with Crippen molar-refractivity contribution in [1.82, 2.24) is 5.32 Å². The molecular weight excluding hydrogens is 228 g/mol. The van der Waals surface area contributed by atoms with Crippen LogP contribution in [-0.4, -0.2) is 24.1 Å². The van der Waals surface area contributed by atoms with Crippen LogP contribution in [-0.2, 0) is 0 Å². The second-order valence-electron chi connectivity index (χ2n) is 5.87. The van der Waals surface area contributed by atoms with E-state index in [9.17, 15) is 0 Å². The van der Waals surface area contributed by atoms with Gasteiger partial charge in [0.25, 0.3) is 0 Å². The molecule has 2 atom stereocenters. The van der Waals surface area contributed by atoms with Crippen molar-refractivity contribution in [2.75, 3.05) is 12.8 Å². The molecule has 2 nitrogen and oxygen atoms in total. The summed E-state index contributed by atoms with van der Waals surface area (Å²) < 4.78 is 0. The average Bonchev–Trinajstić information content (AvgIpc) is 2.34. The summed E-state index contributed by atoms with van der Waals surface area (Å²) in [6, 6.07) is 2.93. The van der Waals surface area contributed by atoms with Gasteiger partial charge in [-0.1, -0.05) is 26.7 Å². The van der Waals surface area contributed by atoms with Crippen molar-refractivity contribution in [2.24, 2.45) is 5.41 Å². The zero-order valence-corrected chi connectivity index (χ0v) is 12.3. The van der Waals surface area contributed by atoms with Crippen molar-refractivity contribution in [3.63, 3.8) is 0 Å². The first kappa shape index (κ1) is 14.9. The van der Waals surface area contributed by atoms with Crippen LogP contribution in [0.2, 0.25) is 0 Å². The third-order valence-electron chi connectivity index (χ3n) is 3.76. The first-order chi connectivity index (χ1) is 8.09.